The van der Waals surface area contributed by atoms with Gasteiger partial charge < -0.3 is 5.11 Å². The van der Waals surface area contributed by atoms with Gasteiger partial charge in [-0.15, -0.1) is 0 Å². The molecule has 0 fully saturated rings. The van der Waals surface area contributed by atoms with Crippen LogP contribution < -0.4 is 0 Å². The molecule has 0 spiro atoms. The first kappa shape index (κ1) is 13.9. The van der Waals surface area contributed by atoms with Crippen molar-refractivity contribution in [2.45, 2.75) is 6.92 Å². The molecule has 0 atom stereocenters. The lowest BCUT2D eigenvalue weighted by atomic mass is 10.1. The van der Waals surface area contributed by atoms with Crippen LogP contribution in [0.1, 0.15) is 11.1 Å². The average Bonchev–Trinajstić information content (AvgIpc) is 2.94. The fourth-order valence-corrected chi connectivity index (χ4v) is 3.35. The molecular formula is C19H14N2OS. The second kappa shape index (κ2) is 5.48. The smallest absolute Gasteiger partial charge is 0.210 e. The summed E-state index contributed by atoms with van der Waals surface area (Å²) < 4.78 is 1.12. The van der Waals surface area contributed by atoms with Crippen LogP contribution in [0, 0.1) is 6.92 Å². The lowest BCUT2D eigenvalue weighted by Crippen LogP contribution is -1.83. The molecule has 4 rings (SSSR count). The van der Waals surface area contributed by atoms with Crippen molar-refractivity contribution in [1.29, 1.82) is 0 Å². The van der Waals surface area contributed by atoms with Gasteiger partial charge in [-0.1, -0.05) is 41.7 Å². The third-order valence-corrected chi connectivity index (χ3v) is 4.69. The Balaban J connectivity index is 1.73. The molecule has 0 radical (unpaired) electrons. The van der Waals surface area contributed by atoms with Crippen LogP contribution in [0.4, 0.5) is 5.13 Å². The average molecular weight is 318 g/mol. The quantitative estimate of drug-likeness (QED) is 0.515. The van der Waals surface area contributed by atoms with Crippen LogP contribution in [0.2, 0.25) is 0 Å². The number of benzene rings is 3. The van der Waals surface area contributed by atoms with Gasteiger partial charge in [0, 0.05) is 11.8 Å². The van der Waals surface area contributed by atoms with Crippen molar-refractivity contribution in [2.75, 3.05) is 0 Å². The second-order valence-corrected chi connectivity index (χ2v) is 6.49. The number of hydrogen-bond donors (Lipinski definition) is 1. The summed E-state index contributed by atoms with van der Waals surface area (Å²) in [6.07, 6.45) is 1.67. The molecule has 23 heavy (non-hydrogen) atoms. The van der Waals surface area contributed by atoms with Gasteiger partial charge in [0.25, 0.3) is 0 Å². The van der Waals surface area contributed by atoms with E-state index in [9.17, 15) is 5.11 Å². The highest BCUT2D eigenvalue weighted by Crippen LogP contribution is 2.29. The summed E-state index contributed by atoms with van der Waals surface area (Å²) in [5.41, 5.74) is 2.84. The lowest BCUT2D eigenvalue weighted by molar-refractivity contribution is 0.475. The fourth-order valence-electron chi connectivity index (χ4n) is 2.55. The molecule has 0 saturated heterocycles. The third-order valence-electron chi connectivity index (χ3n) is 3.74. The van der Waals surface area contributed by atoms with Crippen molar-refractivity contribution >= 4 is 43.7 Å². The molecule has 1 N–H and O–H groups in total. The van der Waals surface area contributed by atoms with Crippen molar-refractivity contribution in [2.24, 2.45) is 4.99 Å². The van der Waals surface area contributed by atoms with E-state index in [1.807, 2.05) is 30.3 Å². The molecule has 0 aliphatic rings. The Labute approximate surface area is 137 Å². The topological polar surface area (TPSA) is 45.5 Å². The van der Waals surface area contributed by atoms with Crippen molar-refractivity contribution < 1.29 is 5.11 Å². The number of aryl methyl sites for hydroxylation is 1. The molecule has 1 heterocycles. The summed E-state index contributed by atoms with van der Waals surface area (Å²) >= 11 is 1.54. The zero-order valence-corrected chi connectivity index (χ0v) is 13.3. The molecule has 3 aromatic carbocycles. The minimum atomic E-state index is 0.226. The molecule has 0 saturated carbocycles. The first-order valence-electron chi connectivity index (χ1n) is 7.32. The third kappa shape index (κ3) is 2.69. The minimum Gasteiger partial charge on any atom is -0.507 e. The Kier molecular flexibility index (Phi) is 3.32. The van der Waals surface area contributed by atoms with Crippen LogP contribution in [0.5, 0.6) is 5.75 Å². The molecule has 1 aromatic heterocycles. The highest BCUT2D eigenvalue weighted by atomic mass is 32.1. The SMILES string of the molecule is Cc1ccc2sc(N=Cc3cc4ccccc4cc3O)nc2c1. The number of phenols is 1. The highest BCUT2D eigenvalue weighted by molar-refractivity contribution is 7.22. The Hall–Kier alpha value is -2.72. The van der Waals surface area contributed by atoms with E-state index in [-0.39, 0.29) is 5.75 Å². The monoisotopic (exact) mass is 318 g/mol. The Morgan fingerprint density at radius 1 is 1.04 bits per heavy atom. The van der Waals surface area contributed by atoms with Gasteiger partial charge in [-0.05, 0) is 47.5 Å². The van der Waals surface area contributed by atoms with Crippen LogP contribution >= 0.6 is 11.3 Å². The number of hydrogen-bond acceptors (Lipinski definition) is 4. The van der Waals surface area contributed by atoms with Gasteiger partial charge in [-0.3, -0.25) is 0 Å². The largest absolute Gasteiger partial charge is 0.507 e. The minimum absolute atomic E-state index is 0.226. The summed E-state index contributed by atoms with van der Waals surface area (Å²) in [6.45, 7) is 2.05. The maximum atomic E-state index is 10.2. The molecule has 0 aliphatic carbocycles. The van der Waals surface area contributed by atoms with Crippen LogP contribution in [-0.2, 0) is 0 Å². The van der Waals surface area contributed by atoms with Crippen molar-refractivity contribution in [3.8, 4) is 5.75 Å². The highest BCUT2D eigenvalue weighted by Gasteiger charge is 2.04. The number of nitrogens with zero attached hydrogens (tertiary/aromatic N) is 2. The molecule has 4 heteroatoms. The normalized spacial score (nSPS) is 11.7. The number of aromatic nitrogens is 1. The molecule has 0 unspecified atom stereocenters. The second-order valence-electron chi connectivity index (χ2n) is 5.48. The maximum absolute atomic E-state index is 10.2. The van der Waals surface area contributed by atoms with E-state index in [4.69, 9.17) is 0 Å². The number of aliphatic imine (C=N–C) groups is 1. The van der Waals surface area contributed by atoms with E-state index in [1.54, 1.807) is 23.6 Å². The van der Waals surface area contributed by atoms with Crippen molar-refractivity contribution in [1.82, 2.24) is 4.98 Å². The molecule has 112 valence electrons. The molecular weight excluding hydrogens is 304 g/mol. The van der Waals surface area contributed by atoms with Gasteiger partial charge >= 0.3 is 0 Å². The van der Waals surface area contributed by atoms with Gasteiger partial charge in [0.15, 0.2) is 0 Å². The maximum Gasteiger partial charge on any atom is 0.210 e. The molecule has 0 bridgehead atoms. The lowest BCUT2D eigenvalue weighted by Gasteiger charge is -2.02. The first-order chi connectivity index (χ1) is 11.2. The summed E-state index contributed by atoms with van der Waals surface area (Å²) in [4.78, 5) is 8.95. The summed E-state index contributed by atoms with van der Waals surface area (Å²) in [5, 5.41) is 12.9. The molecule has 0 aliphatic heterocycles. The predicted molar refractivity (Wildman–Crippen MR) is 97.2 cm³/mol. The zero-order valence-electron chi connectivity index (χ0n) is 12.5. The van der Waals surface area contributed by atoms with E-state index in [0.29, 0.717) is 10.7 Å². The number of aromatic hydroxyl groups is 1. The number of fused-ring (bicyclic) bond motifs is 2. The van der Waals surface area contributed by atoms with Gasteiger partial charge in [0.1, 0.15) is 5.75 Å². The van der Waals surface area contributed by atoms with Crippen molar-refractivity contribution in [3.05, 3.63) is 65.7 Å². The van der Waals surface area contributed by atoms with E-state index in [0.717, 1.165) is 21.0 Å². The van der Waals surface area contributed by atoms with E-state index in [2.05, 4.69) is 35.1 Å². The number of phenolic OH excluding ortho intramolecular Hbond substituents is 1. The van der Waals surface area contributed by atoms with Crippen LogP contribution in [0.15, 0.2) is 59.6 Å². The number of rotatable bonds is 2. The molecule has 3 nitrogen and oxygen atoms in total. The van der Waals surface area contributed by atoms with Gasteiger partial charge in [0.05, 0.1) is 10.2 Å². The van der Waals surface area contributed by atoms with Crippen LogP contribution in [0.25, 0.3) is 21.0 Å². The first-order valence-corrected chi connectivity index (χ1v) is 8.14. The Bertz CT molecular complexity index is 1050. The van der Waals surface area contributed by atoms with Crippen molar-refractivity contribution in [3.63, 3.8) is 0 Å². The van der Waals surface area contributed by atoms with Crippen LogP contribution in [-0.4, -0.2) is 16.3 Å². The summed E-state index contributed by atoms with van der Waals surface area (Å²) in [6, 6.07) is 17.8. The van der Waals surface area contributed by atoms with Crippen LogP contribution in [0.3, 0.4) is 0 Å². The van der Waals surface area contributed by atoms with Gasteiger partial charge in [-0.25, -0.2) is 9.98 Å². The Morgan fingerprint density at radius 2 is 1.83 bits per heavy atom. The van der Waals surface area contributed by atoms with Gasteiger partial charge in [-0.2, -0.15) is 0 Å². The van der Waals surface area contributed by atoms with E-state index < -0.39 is 0 Å². The van der Waals surface area contributed by atoms with E-state index >= 15 is 0 Å². The summed E-state index contributed by atoms with van der Waals surface area (Å²) in [7, 11) is 0. The Morgan fingerprint density at radius 3 is 2.65 bits per heavy atom. The predicted octanol–water partition coefficient (Wildman–Crippen LogP) is 5.21. The van der Waals surface area contributed by atoms with E-state index in [1.165, 1.54) is 5.56 Å². The standard InChI is InChI=1S/C19H14N2OS/c1-12-6-7-18-16(8-12)21-19(23-18)20-11-15-9-13-4-2-3-5-14(13)10-17(15)22/h2-11,22H,1H3. The van der Waals surface area contributed by atoms with Gasteiger partial charge in [0.2, 0.25) is 5.13 Å². The molecule has 4 aromatic rings. The fraction of sp³-hybridized carbons (Fsp3) is 0.0526. The number of thiazole rings is 1. The summed E-state index contributed by atoms with van der Waals surface area (Å²) in [5.74, 6) is 0.226. The zero-order chi connectivity index (χ0) is 15.8. The molecule has 0 amide bonds.